The van der Waals surface area contributed by atoms with Crippen LogP contribution in [0.2, 0.25) is 0 Å². The molecule has 0 bridgehead atoms. The minimum atomic E-state index is 0.826. The van der Waals surface area contributed by atoms with Gasteiger partial charge in [-0.05, 0) is 83.8 Å². The molecule has 24 heavy (non-hydrogen) atoms. The lowest BCUT2D eigenvalue weighted by Gasteiger charge is -2.30. The summed E-state index contributed by atoms with van der Waals surface area (Å²) in [5.41, 5.74) is 4.38. The molecule has 0 spiro atoms. The first kappa shape index (κ1) is 21.1. The van der Waals surface area contributed by atoms with Crippen LogP contribution >= 0.6 is 11.9 Å². The summed E-state index contributed by atoms with van der Waals surface area (Å²) < 4.78 is 0. The van der Waals surface area contributed by atoms with Crippen LogP contribution in [0.4, 0.5) is 0 Å². The van der Waals surface area contributed by atoms with Crippen molar-refractivity contribution >= 4 is 11.9 Å². The van der Waals surface area contributed by atoms with E-state index in [0.717, 1.165) is 29.2 Å². The van der Waals surface area contributed by atoms with Crippen molar-refractivity contribution in [1.29, 1.82) is 0 Å². The summed E-state index contributed by atoms with van der Waals surface area (Å²) in [4.78, 5) is 5.95. The third-order valence-electron chi connectivity index (χ3n) is 4.61. The summed E-state index contributed by atoms with van der Waals surface area (Å²) in [7, 11) is 2.21. The molecule has 0 radical (unpaired) electrons. The van der Waals surface area contributed by atoms with Crippen molar-refractivity contribution in [2.45, 2.75) is 40.5 Å². The highest BCUT2D eigenvalue weighted by molar-refractivity contribution is 7.97. The molecule has 1 rings (SSSR count). The van der Waals surface area contributed by atoms with E-state index in [-0.39, 0.29) is 0 Å². The van der Waals surface area contributed by atoms with Gasteiger partial charge < -0.3 is 4.90 Å². The Balaban J connectivity index is 2.55. The van der Waals surface area contributed by atoms with Gasteiger partial charge in [0.25, 0.3) is 0 Å². The number of hydrogen-bond acceptors (Lipinski definition) is 4. The Hall–Kier alpha value is -0.970. The molecular formula is C20H35N3S. The van der Waals surface area contributed by atoms with Crippen LogP contribution in [0.25, 0.3) is 0 Å². The Morgan fingerprint density at radius 1 is 1.29 bits per heavy atom. The summed E-state index contributed by atoms with van der Waals surface area (Å²) in [5, 5.41) is 2.20. The molecular weight excluding hydrogens is 314 g/mol. The van der Waals surface area contributed by atoms with Gasteiger partial charge in [-0.3, -0.25) is 5.01 Å². The van der Waals surface area contributed by atoms with Gasteiger partial charge in [0.2, 0.25) is 0 Å². The first-order valence-electron chi connectivity index (χ1n) is 8.92. The molecule has 1 fully saturated rings. The van der Waals surface area contributed by atoms with E-state index >= 15 is 0 Å². The van der Waals surface area contributed by atoms with Gasteiger partial charge in [-0.15, -0.1) is 0 Å². The number of likely N-dealkylation sites (N-methyl/N-ethyl adjacent to an activating group) is 1. The monoisotopic (exact) mass is 349 g/mol. The fourth-order valence-electron chi connectivity index (χ4n) is 2.72. The Kier molecular flexibility index (Phi) is 9.49. The number of allylic oxidation sites excluding steroid dienone is 5. The number of hydrogen-bond donors (Lipinski definition) is 1. The molecule has 0 amide bonds. The summed E-state index contributed by atoms with van der Waals surface area (Å²) in [5.74, 6) is 2.00. The number of hydrazine groups is 1. The number of nitrogens with one attached hydrogen (secondary N) is 1. The standard InChI is InChI=1S/C20H35N3S/c1-8-20(14-17(5)18(6)16(3)4)23(9-2)21-24-15-19-10-12-22(7)13-11-19/h8,14,19,21H,3,6,9-13,15H2,1-2,4-5,7H3/b17-14+,20-8+. The summed E-state index contributed by atoms with van der Waals surface area (Å²) in [6.07, 6.45) is 6.95. The molecule has 0 aromatic carbocycles. The number of likely N-dealkylation sites (tertiary alicyclic amines) is 1. The van der Waals surface area contributed by atoms with Crippen molar-refractivity contribution in [2.75, 3.05) is 32.4 Å². The van der Waals surface area contributed by atoms with Gasteiger partial charge in [0.15, 0.2) is 0 Å². The molecule has 0 atom stereocenters. The van der Waals surface area contributed by atoms with E-state index in [4.69, 9.17) is 0 Å². The molecule has 1 heterocycles. The van der Waals surface area contributed by atoms with E-state index < -0.39 is 0 Å². The second-order valence-electron chi connectivity index (χ2n) is 6.69. The van der Waals surface area contributed by atoms with Gasteiger partial charge in [-0.2, -0.15) is 4.83 Å². The van der Waals surface area contributed by atoms with Crippen molar-refractivity contribution in [3.63, 3.8) is 0 Å². The van der Waals surface area contributed by atoms with Crippen LogP contribution in [0.1, 0.15) is 40.5 Å². The van der Waals surface area contributed by atoms with Gasteiger partial charge in [-0.1, -0.05) is 36.8 Å². The Labute approximate surface area is 153 Å². The zero-order valence-electron chi connectivity index (χ0n) is 16.2. The van der Waals surface area contributed by atoms with Crippen LogP contribution in [0.5, 0.6) is 0 Å². The maximum Gasteiger partial charge on any atom is 0.0488 e. The lowest BCUT2D eigenvalue weighted by atomic mass is 10.00. The van der Waals surface area contributed by atoms with Crippen LogP contribution in [-0.2, 0) is 0 Å². The zero-order valence-corrected chi connectivity index (χ0v) is 17.0. The summed E-state index contributed by atoms with van der Waals surface area (Å²) >= 11 is 1.83. The molecule has 1 aliphatic heterocycles. The Bertz CT molecular complexity index is 485. The van der Waals surface area contributed by atoms with Crippen LogP contribution < -0.4 is 4.83 Å². The third kappa shape index (κ3) is 6.88. The van der Waals surface area contributed by atoms with Crippen LogP contribution in [0.3, 0.4) is 0 Å². The van der Waals surface area contributed by atoms with Gasteiger partial charge in [-0.25, -0.2) is 0 Å². The Morgan fingerprint density at radius 2 is 1.92 bits per heavy atom. The molecule has 1 aliphatic rings. The minimum Gasteiger partial charge on any atom is -0.306 e. The lowest BCUT2D eigenvalue weighted by Crippen LogP contribution is -2.34. The SMILES string of the molecule is C=C(C)C(=C)/C(C)=C/C(=C\C)N(CC)NSCC1CCN(C)CC1. The molecule has 136 valence electrons. The zero-order chi connectivity index (χ0) is 18.1. The van der Waals surface area contributed by atoms with Crippen LogP contribution in [0, 0.1) is 5.92 Å². The maximum absolute atomic E-state index is 4.11. The van der Waals surface area contributed by atoms with Crippen LogP contribution in [-0.4, -0.2) is 42.3 Å². The normalized spacial score (nSPS) is 17.9. The van der Waals surface area contributed by atoms with E-state index in [0.29, 0.717) is 0 Å². The average Bonchev–Trinajstić information content (AvgIpc) is 2.57. The fourth-order valence-corrected chi connectivity index (χ4v) is 3.76. The molecule has 0 unspecified atom stereocenters. The Morgan fingerprint density at radius 3 is 2.42 bits per heavy atom. The van der Waals surface area contributed by atoms with Gasteiger partial charge in [0.05, 0.1) is 0 Å². The number of nitrogens with zero attached hydrogens (tertiary/aromatic N) is 2. The summed E-state index contributed by atoms with van der Waals surface area (Å²) in [6.45, 7) is 19.8. The molecule has 0 aromatic heterocycles. The van der Waals surface area contributed by atoms with Crippen molar-refractivity contribution in [2.24, 2.45) is 5.92 Å². The highest BCUT2D eigenvalue weighted by Gasteiger charge is 2.17. The van der Waals surface area contributed by atoms with E-state index in [2.05, 4.69) is 67.9 Å². The molecule has 1 saturated heterocycles. The number of rotatable bonds is 9. The fraction of sp³-hybridized carbons (Fsp3) is 0.600. The summed E-state index contributed by atoms with van der Waals surface area (Å²) in [6, 6.07) is 0. The third-order valence-corrected chi connectivity index (χ3v) is 5.60. The molecule has 3 nitrogen and oxygen atoms in total. The smallest absolute Gasteiger partial charge is 0.0488 e. The van der Waals surface area contributed by atoms with Gasteiger partial charge in [0, 0.05) is 18.0 Å². The van der Waals surface area contributed by atoms with E-state index in [1.807, 2.05) is 18.9 Å². The maximum atomic E-state index is 4.11. The molecule has 0 saturated carbocycles. The minimum absolute atomic E-state index is 0.826. The van der Waals surface area contributed by atoms with E-state index in [1.165, 1.54) is 37.4 Å². The predicted octanol–water partition coefficient (Wildman–Crippen LogP) is 4.79. The van der Waals surface area contributed by atoms with Crippen molar-refractivity contribution in [3.05, 3.63) is 47.7 Å². The first-order chi connectivity index (χ1) is 11.4. The molecule has 4 heteroatoms. The van der Waals surface area contributed by atoms with Crippen LogP contribution in [0.15, 0.2) is 47.7 Å². The highest BCUT2D eigenvalue weighted by Crippen LogP contribution is 2.21. The number of piperidine rings is 1. The molecule has 1 N–H and O–H groups in total. The second-order valence-corrected chi connectivity index (χ2v) is 7.50. The average molecular weight is 350 g/mol. The van der Waals surface area contributed by atoms with Crippen molar-refractivity contribution in [1.82, 2.24) is 14.7 Å². The van der Waals surface area contributed by atoms with Gasteiger partial charge in [0.1, 0.15) is 0 Å². The topological polar surface area (TPSA) is 18.5 Å². The van der Waals surface area contributed by atoms with Crippen molar-refractivity contribution < 1.29 is 0 Å². The van der Waals surface area contributed by atoms with Crippen molar-refractivity contribution in [3.8, 4) is 0 Å². The van der Waals surface area contributed by atoms with E-state index in [1.54, 1.807) is 0 Å². The largest absolute Gasteiger partial charge is 0.306 e. The predicted molar refractivity (Wildman–Crippen MR) is 110 cm³/mol. The van der Waals surface area contributed by atoms with E-state index in [9.17, 15) is 0 Å². The second kappa shape index (κ2) is 10.8. The highest BCUT2D eigenvalue weighted by atomic mass is 32.2. The molecule has 0 aromatic rings. The molecule has 0 aliphatic carbocycles. The first-order valence-corrected chi connectivity index (χ1v) is 9.90. The quantitative estimate of drug-likeness (QED) is 0.366. The lowest BCUT2D eigenvalue weighted by molar-refractivity contribution is 0.232. The van der Waals surface area contributed by atoms with Gasteiger partial charge >= 0.3 is 0 Å².